The minimum absolute atomic E-state index is 0.210. The predicted octanol–water partition coefficient (Wildman–Crippen LogP) is 2.31. The first-order valence-electron chi connectivity index (χ1n) is 7.27. The van der Waals surface area contributed by atoms with E-state index < -0.39 is 5.97 Å². The van der Waals surface area contributed by atoms with Gasteiger partial charge < -0.3 is 5.11 Å². The molecule has 1 saturated carbocycles. The number of carboxylic acid groups (broad SMARTS) is 1. The molecule has 0 radical (unpaired) electrons. The highest BCUT2D eigenvalue weighted by atomic mass is 16.4. The van der Waals surface area contributed by atoms with Crippen LogP contribution in [0, 0.1) is 0 Å². The molecule has 5 heteroatoms. The van der Waals surface area contributed by atoms with Crippen molar-refractivity contribution in [2.45, 2.75) is 31.8 Å². The second-order valence-electron chi connectivity index (χ2n) is 5.46. The van der Waals surface area contributed by atoms with Crippen molar-refractivity contribution in [3.63, 3.8) is 0 Å². The lowest BCUT2D eigenvalue weighted by Crippen LogP contribution is -2.28. The van der Waals surface area contributed by atoms with Gasteiger partial charge in [-0.25, -0.2) is 4.68 Å². The monoisotopic (exact) mass is 285 g/mol. The normalized spacial score (nSPS) is 14.5. The second-order valence-corrected chi connectivity index (χ2v) is 5.46. The third kappa shape index (κ3) is 3.70. The number of hydrogen-bond acceptors (Lipinski definition) is 3. The summed E-state index contributed by atoms with van der Waals surface area (Å²) in [5, 5.41) is 13.0. The van der Waals surface area contributed by atoms with Gasteiger partial charge in [-0.1, -0.05) is 12.1 Å². The first-order chi connectivity index (χ1) is 10.2. The van der Waals surface area contributed by atoms with Crippen molar-refractivity contribution < 1.29 is 9.90 Å². The van der Waals surface area contributed by atoms with Crippen molar-refractivity contribution >= 4 is 5.97 Å². The lowest BCUT2D eigenvalue weighted by atomic mass is 10.2. The Morgan fingerprint density at radius 2 is 2.10 bits per heavy atom. The van der Waals surface area contributed by atoms with E-state index >= 15 is 0 Å². The van der Waals surface area contributed by atoms with E-state index in [9.17, 15) is 4.79 Å². The fourth-order valence-corrected chi connectivity index (χ4v) is 2.48. The minimum Gasteiger partial charge on any atom is -0.481 e. The number of rotatable bonds is 7. The molecule has 0 unspecified atom stereocenters. The minimum atomic E-state index is -0.727. The van der Waals surface area contributed by atoms with E-state index in [0.717, 1.165) is 12.2 Å². The third-order valence-corrected chi connectivity index (χ3v) is 3.77. The van der Waals surface area contributed by atoms with E-state index in [4.69, 9.17) is 5.11 Å². The van der Waals surface area contributed by atoms with Gasteiger partial charge in [-0.15, -0.1) is 0 Å². The SMILES string of the molecule is O=C(O)CCN(Cc1ccc(-n2cccn2)cc1)C1CC1. The fourth-order valence-electron chi connectivity index (χ4n) is 2.48. The van der Waals surface area contributed by atoms with Gasteiger partial charge in [-0.05, 0) is 36.6 Å². The van der Waals surface area contributed by atoms with Gasteiger partial charge in [-0.3, -0.25) is 9.69 Å². The summed E-state index contributed by atoms with van der Waals surface area (Å²) in [6.45, 7) is 1.44. The van der Waals surface area contributed by atoms with Crippen molar-refractivity contribution in [3.8, 4) is 5.69 Å². The number of benzene rings is 1. The van der Waals surface area contributed by atoms with Gasteiger partial charge in [0.05, 0.1) is 12.1 Å². The van der Waals surface area contributed by atoms with Crippen LogP contribution in [0.15, 0.2) is 42.7 Å². The summed E-state index contributed by atoms with van der Waals surface area (Å²) < 4.78 is 1.83. The molecule has 21 heavy (non-hydrogen) atoms. The van der Waals surface area contributed by atoms with Crippen molar-refractivity contribution in [1.82, 2.24) is 14.7 Å². The molecular weight excluding hydrogens is 266 g/mol. The van der Waals surface area contributed by atoms with Crippen LogP contribution in [0.2, 0.25) is 0 Å². The molecule has 0 bridgehead atoms. The highest BCUT2D eigenvalue weighted by Crippen LogP contribution is 2.28. The summed E-state index contributed by atoms with van der Waals surface area (Å²) in [6.07, 6.45) is 6.25. The molecular formula is C16H19N3O2. The summed E-state index contributed by atoms with van der Waals surface area (Å²) >= 11 is 0. The number of hydrogen-bond donors (Lipinski definition) is 1. The molecule has 1 fully saturated rings. The Morgan fingerprint density at radius 3 is 2.67 bits per heavy atom. The lowest BCUT2D eigenvalue weighted by Gasteiger charge is -2.21. The zero-order valence-electron chi connectivity index (χ0n) is 11.9. The number of aromatic nitrogens is 2. The summed E-state index contributed by atoms with van der Waals surface area (Å²) in [7, 11) is 0. The molecule has 1 N–H and O–H groups in total. The topological polar surface area (TPSA) is 58.4 Å². The highest BCUT2D eigenvalue weighted by molar-refractivity contribution is 5.66. The van der Waals surface area contributed by atoms with Gasteiger partial charge in [0.15, 0.2) is 0 Å². The average Bonchev–Trinajstić information content (AvgIpc) is 3.18. The Balaban J connectivity index is 1.64. The summed E-state index contributed by atoms with van der Waals surface area (Å²) in [6, 6.07) is 10.7. The van der Waals surface area contributed by atoms with Gasteiger partial charge in [0.1, 0.15) is 0 Å². The molecule has 1 heterocycles. The van der Waals surface area contributed by atoms with Crippen LogP contribution in [-0.2, 0) is 11.3 Å². The van der Waals surface area contributed by atoms with E-state index in [-0.39, 0.29) is 6.42 Å². The molecule has 0 spiro atoms. The van der Waals surface area contributed by atoms with Gasteiger partial charge in [0.2, 0.25) is 0 Å². The van der Waals surface area contributed by atoms with E-state index in [0.29, 0.717) is 12.6 Å². The Morgan fingerprint density at radius 1 is 1.33 bits per heavy atom. The van der Waals surface area contributed by atoms with Crippen LogP contribution in [0.4, 0.5) is 0 Å². The smallest absolute Gasteiger partial charge is 0.304 e. The standard InChI is InChI=1S/C16H19N3O2/c20-16(21)8-11-18(14-6-7-14)12-13-2-4-15(5-3-13)19-10-1-9-17-19/h1-5,9-10,14H,6-8,11-12H2,(H,20,21). The first kappa shape index (κ1) is 13.8. The van der Waals surface area contributed by atoms with Crippen LogP contribution in [0.5, 0.6) is 0 Å². The number of nitrogens with zero attached hydrogens (tertiary/aromatic N) is 3. The Kier molecular flexibility index (Phi) is 4.01. The highest BCUT2D eigenvalue weighted by Gasteiger charge is 2.28. The summed E-state index contributed by atoms with van der Waals surface area (Å²) in [4.78, 5) is 13.0. The summed E-state index contributed by atoms with van der Waals surface area (Å²) in [5.74, 6) is -0.727. The third-order valence-electron chi connectivity index (χ3n) is 3.77. The molecule has 0 aliphatic heterocycles. The van der Waals surface area contributed by atoms with Crippen molar-refractivity contribution in [2.24, 2.45) is 0 Å². The Labute approximate surface area is 123 Å². The van der Waals surface area contributed by atoms with Gasteiger partial charge >= 0.3 is 5.97 Å². The zero-order valence-corrected chi connectivity index (χ0v) is 11.9. The number of aliphatic carboxylic acids is 1. The van der Waals surface area contributed by atoms with Gasteiger partial charge in [0, 0.05) is 31.5 Å². The van der Waals surface area contributed by atoms with Crippen LogP contribution >= 0.6 is 0 Å². The van der Waals surface area contributed by atoms with Crippen LogP contribution < -0.4 is 0 Å². The van der Waals surface area contributed by atoms with Crippen LogP contribution in [0.1, 0.15) is 24.8 Å². The van der Waals surface area contributed by atoms with E-state index in [2.05, 4.69) is 22.1 Å². The second kappa shape index (κ2) is 6.10. The van der Waals surface area contributed by atoms with Crippen molar-refractivity contribution in [3.05, 3.63) is 48.3 Å². The largest absolute Gasteiger partial charge is 0.481 e. The Bertz CT molecular complexity index is 588. The first-order valence-corrected chi connectivity index (χ1v) is 7.27. The predicted molar refractivity (Wildman–Crippen MR) is 79.2 cm³/mol. The lowest BCUT2D eigenvalue weighted by molar-refractivity contribution is -0.137. The number of carbonyl (C=O) groups is 1. The van der Waals surface area contributed by atoms with E-state index in [1.54, 1.807) is 6.20 Å². The van der Waals surface area contributed by atoms with Crippen LogP contribution in [0.25, 0.3) is 5.69 Å². The van der Waals surface area contributed by atoms with Crippen molar-refractivity contribution in [2.75, 3.05) is 6.54 Å². The maximum absolute atomic E-state index is 10.7. The fraction of sp³-hybridized carbons (Fsp3) is 0.375. The molecule has 110 valence electrons. The molecule has 2 aromatic rings. The van der Waals surface area contributed by atoms with Crippen LogP contribution in [0.3, 0.4) is 0 Å². The number of carboxylic acids is 1. The van der Waals surface area contributed by atoms with E-state index in [1.165, 1.54) is 18.4 Å². The summed E-state index contributed by atoms with van der Waals surface area (Å²) in [5.41, 5.74) is 2.25. The zero-order chi connectivity index (χ0) is 14.7. The molecule has 0 atom stereocenters. The molecule has 1 aliphatic carbocycles. The quantitative estimate of drug-likeness (QED) is 0.848. The maximum Gasteiger partial charge on any atom is 0.304 e. The molecule has 0 amide bonds. The van der Waals surface area contributed by atoms with Crippen LogP contribution in [-0.4, -0.2) is 38.3 Å². The molecule has 1 aromatic heterocycles. The van der Waals surface area contributed by atoms with E-state index in [1.807, 2.05) is 29.1 Å². The molecule has 5 nitrogen and oxygen atoms in total. The van der Waals surface area contributed by atoms with Gasteiger partial charge in [0.25, 0.3) is 0 Å². The maximum atomic E-state index is 10.7. The molecule has 0 saturated heterocycles. The van der Waals surface area contributed by atoms with Gasteiger partial charge in [-0.2, -0.15) is 5.10 Å². The molecule has 1 aromatic carbocycles. The van der Waals surface area contributed by atoms with Crippen molar-refractivity contribution in [1.29, 1.82) is 0 Å². The molecule has 1 aliphatic rings. The molecule has 3 rings (SSSR count). The Hall–Kier alpha value is -2.14. The average molecular weight is 285 g/mol.